The fourth-order valence-corrected chi connectivity index (χ4v) is 7.26. The van der Waals surface area contributed by atoms with Gasteiger partial charge in [-0.15, -0.1) is 0 Å². The van der Waals surface area contributed by atoms with E-state index in [9.17, 15) is 0 Å². The highest BCUT2D eigenvalue weighted by molar-refractivity contribution is 7.80. The molecule has 5 aliphatic rings. The summed E-state index contributed by atoms with van der Waals surface area (Å²) in [6.07, 6.45) is 13.7. The molecule has 3 heterocycles. The fourth-order valence-electron chi connectivity index (χ4n) is 6.95. The van der Waals surface area contributed by atoms with Crippen molar-refractivity contribution in [3.05, 3.63) is 0 Å². The van der Waals surface area contributed by atoms with Crippen molar-refractivity contribution < 1.29 is 14.2 Å². The molecule has 2 saturated carbocycles. The van der Waals surface area contributed by atoms with Gasteiger partial charge in [-0.05, 0) is 82.8 Å². The van der Waals surface area contributed by atoms with Crippen molar-refractivity contribution in [3.63, 3.8) is 0 Å². The molecule has 2 aliphatic carbocycles. The molecule has 0 radical (unpaired) electrons. The lowest BCUT2D eigenvalue weighted by Crippen LogP contribution is -2.73. The third-order valence-corrected chi connectivity index (χ3v) is 9.36. The van der Waals surface area contributed by atoms with Gasteiger partial charge in [0.2, 0.25) is 0 Å². The minimum atomic E-state index is 0.301. The SMILES string of the molecule is COC1CCC(N(C)C(=S)NC2CCC3NC(C4CCCO4)C(C4CCCO4)NC3C2)CC1. The summed E-state index contributed by atoms with van der Waals surface area (Å²) < 4.78 is 17.8. The first-order valence-corrected chi connectivity index (χ1v) is 13.8. The first kappa shape index (κ1) is 24.2. The third kappa shape index (κ3) is 5.51. The largest absolute Gasteiger partial charge is 0.381 e. The van der Waals surface area contributed by atoms with E-state index in [0.29, 0.717) is 54.6 Å². The Kier molecular flexibility index (Phi) is 8.10. The van der Waals surface area contributed by atoms with E-state index in [-0.39, 0.29) is 0 Å². The minimum Gasteiger partial charge on any atom is -0.381 e. The van der Waals surface area contributed by atoms with E-state index in [1.54, 1.807) is 0 Å². The lowest BCUT2D eigenvalue weighted by molar-refractivity contribution is -0.0153. The molecule has 7 unspecified atom stereocenters. The van der Waals surface area contributed by atoms with Gasteiger partial charge in [-0.1, -0.05) is 0 Å². The Labute approximate surface area is 205 Å². The molecule has 0 aromatic heterocycles. The van der Waals surface area contributed by atoms with E-state index >= 15 is 0 Å². The summed E-state index contributed by atoms with van der Waals surface area (Å²) in [5, 5.41) is 12.7. The lowest BCUT2D eigenvalue weighted by atomic mass is 9.80. The van der Waals surface area contributed by atoms with Crippen LogP contribution in [0.4, 0.5) is 0 Å². The molecule has 0 spiro atoms. The Bertz CT molecular complexity index is 650. The second-order valence-electron chi connectivity index (χ2n) is 10.9. The van der Waals surface area contributed by atoms with Crippen molar-refractivity contribution in [2.24, 2.45) is 0 Å². The smallest absolute Gasteiger partial charge is 0.169 e. The summed E-state index contributed by atoms with van der Waals surface area (Å²) in [6, 6.07) is 2.60. The molecule has 3 N–H and O–H groups in total. The third-order valence-electron chi connectivity index (χ3n) is 8.95. The highest BCUT2D eigenvalue weighted by Crippen LogP contribution is 2.32. The zero-order chi connectivity index (χ0) is 22.8. The number of hydrogen-bond donors (Lipinski definition) is 3. The van der Waals surface area contributed by atoms with Crippen molar-refractivity contribution in [2.75, 3.05) is 27.4 Å². The molecule has 5 fully saturated rings. The van der Waals surface area contributed by atoms with Crippen LogP contribution < -0.4 is 16.0 Å². The van der Waals surface area contributed by atoms with Crippen LogP contribution in [-0.2, 0) is 14.2 Å². The monoisotopic (exact) mass is 480 g/mol. The van der Waals surface area contributed by atoms with Crippen molar-refractivity contribution in [3.8, 4) is 0 Å². The molecule has 0 aromatic carbocycles. The lowest BCUT2D eigenvalue weighted by Gasteiger charge is -2.50. The predicted molar refractivity (Wildman–Crippen MR) is 134 cm³/mol. The van der Waals surface area contributed by atoms with Crippen LogP contribution in [0.25, 0.3) is 0 Å². The molecule has 0 amide bonds. The first-order chi connectivity index (χ1) is 16.1. The summed E-state index contributed by atoms with van der Waals surface area (Å²) in [6.45, 7) is 1.80. The van der Waals surface area contributed by atoms with Gasteiger partial charge < -0.3 is 35.1 Å². The Balaban J connectivity index is 1.16. The van der Waals surface area contributed by atoms with Gasteiger partial charge in [0.15, 0.2) is 5.11 Å². The Morgan fingerprint density at radius 1 is 0.879 bits per heavy atom. The summed E-state index contributed by atoms with van der Waals surface area (Å²) in [5.74, 6) is 0. The number of piperazine rings is 1. The average Bonchev–Trinajstić information content (AvgIpc) is 3.57. The highest BCUT2D eigenvalue weighted by Gasteiger charge is 2.47. The predicted octanol–water partition coefficient (Wildman–Crippen LogP) is 2.33. The molecule has 5 rings (SSSR count). The van der Waals surface area contributed by atoms with Crippen LogP contribution in [0.15, 0.2) is 0 Å². The summed E-state index contributed by atoms with van der Waals surface area (Å²) >= 11 is 5.86. The van der Waals surface area contributed by atoms with Crippen molar-refractivity contribution >= 4 is 17.3 Å². The molecule has 7 atom stereocenters. The topological polar surface area (TPSA) is 67.0 Å². The Morgan fingerprint density at radius 2 is 1.52 bits per heavy atom. The maximum Gasteiger partial charge on any atom is 0.169 e. The maximum absolute atomic E-state index is 6.16. The van der Waals surface area contributed by atoms with Gasteiger partial charge in [0.1, 0.15) is 0 Å². The van der Waals surface area contributed by atoms with E-state index in [1.807, 2.05) is 7.11 Å². The first-order valence-electron chi connectivity index (χ1n) is 13.4. The van der Waals surface area contributed by atoms with Crippen LogP contribution in [-0.4, -0.2) is 91.9 Å². The number of fused-ring (bicyclic) bond motifs is 1. The molecule has 0 bridgehead atoms. The van der Waals surface area contributed by atoms with Crippen LogP contribution in [0.2, 0.25) is 0 Å². The van der Waals surface area contributed by atoms with E-state index in [0.717, 1.165) is 69.7 Å². The molecule has 0 aromatic rings. The number of nitrogens with zero attached hydrogens (tertiary/aromatic N) is 1. The summed E-state index contributed by atoms with van der Waals surface area (Å²) in [7, 11) is 4.00. The van der Waals surface area contributed by atoms with Crippen LogP contribution in [0.1, 0.15) is 70.6 Å². The maximum atomic E-state index is 6.16. The van der Waals surface area contributed by atoms with Crippen LogP contribution >= 0.6 is 12.2 Å². The number of hydrogen-bond acceptors (Lipinski definition) is 6. The van der Waals surface area contributed by atoms with Gasteiger partial charge in [-0.2, -0.15) is 0 Å². The number of nitrogens with one attached hydrogen (secondary N) is 3. The second kappa shape index (κ2) is 11.0. The zero-order valence-electron chi connectivity index (χ0n) is 20.5. The molecular weight excluding hydrogens is 436 g/mol. The molecule has 7 nitrogen and oxygen atoms in total. The van der Waals surface area contributed by atoms with Crippen LogP contribution in [0, 0.1) is 0 Å². The highest BCUT2D eigenvalue weighted by atomic mass is 32.1. The molecule has 3 saturated heterocycles. The molecule has 33 heavy (non-hydrogen) atoms. The standard InChI is InChI=1S/C25H44N4O3S/c1-29(17-8-10-18(30-2)11-9-17)25(33)26-16-7-12-19-20(15-16)28-24(22-6-4-14-32-22)23(27-19)21-5-3-13-31-21/h16-24,27-28H,3-15H2,1-2H3,(H,26,33). The quantitative estimate of drug-likeness (QED) is 0.518. The summed E-state index contributed by atoms with van der Waals surface area (Å²) in [4.78, 5) is 2.31. The second-order valence-corrected chi connectivity index (χ2v) is 11.3. The fraction of sp³-hybridized carbons (Fsp3) is 0.960. The Morgan fingerprint density at radius 3 is 2.09 bits per heavy atom. The molecular formula is C25H44N4O3S. The molecule has 3 aliphatic heterocycles. The van der Waals surface area contributed by atoms with Gasteiger partial charge >= 0.3 is 0 Å². The number of rotatable bonds is 5. The number of ether oxygens (including phenoxy) is 3. The Hall–Kier alpha value is -0.510. The van der Waals surface area contributed by atoms with Gasteiger partial charge in [0.05, 0.1) is 30.4 Å². The van der Waals surface area contributed by atoms with Crippen molar-refractivity contribution in [2.45, 2.75) is 125 Å². The normalized spacial score (nSPS) is 43.8. The zero-order valence-corrected chi connectivity index (χ0v) is 21.3. The van der Waals surface area contributed by atoms with E-state index in [4.69, 9.17) is 26.4 Å². The van der Waals surface area contributed by atoms with Crippen LogP contribution in [0.3, 0.4) is 0 Å². The van der Waals surface area contributed by atoms with Gasteiger partial charge in [0, 0.05) is 51.5 Å². The van der Waals surface area contributed by atoms with Crippen molar-refractivity contribution in [1.82, 2.24) is 20.9 Å². The van der Waals surface area contributed by atoms with Crippen molar-refractivity contribution in [1.29, 1.82) is 0 Å². The average molecular weight is 481 g/mol. The van der Waals surface area contributed by atoms with E-state index in [1.165, 1.54) is 19.3 Å². The number of methoxy groups -OCH3 is 1. The minimum absolute atomic E-state index is 0.301. The van der Waals surface area contributed by atoms with Crippen LogP contribution in [0.5, 0.6) is 0 Å². The number of thiocarbonyl (C=S) groups is 1. The van der Waals surface area contributed by atoms with Gasteiger partial charge in [-0.25, -0.2) is 0 Å². The van der Waals surface area contributed by atoms with Gasteiger partial charge in [-0.3, -0.25) is 0 Å². The molecule has 8 heteroatoms. The van der Waals surface area contributed by atoms with Gasteiger partial charge in [0.25, 0.3) is 0 Å². The molecule has 188 valence electrons. The van der Waals surface area contributed by atoms with E-state index in [2.05, 4.69) is 27.9 Å². The summed E-state index contributed by atoms with van der Waals surface area (Å²) in [5.41, 5.74) is 0. The van der Waals surface area contributed by atoms with E-state index < -0.39 is 0 Å².